The Bertz CT molecular complexity index is 806. The molecule has 0 unspecified atom stereocenters. The molecular formula is C12H7ClN5O2-. The molecule has 100 valence electrons. The third-order valence-electron chi connectivity index (χ3n) is 2.74. The highest BCUT2D eigenvalue weighted by molar-refractivity contribution is 6.31. The van der Waals surface area contributed by atoms with Crippen molar-refractivity contribution >= 4 is 34.0 Å². The van der Waals surface area contributed by atoms with Crippen molar-refractivity contribution in [3.63, 3.8) is 0 Å². The summed E-state index contributed by atoms with van der Waals surface area (Å²) in [6.45, 7) is 0. The predicted molar refractivity (Wildman–Crippen MR) is 69.8 cm³/mol. The summed E-state index contributed by atoms with van der Waals surface area (Å²) in [6.07, 6.45) is 2.46. The summed E-state index contributed by atoms with van der Waals surface area (Å²) in [5, 5.41) is 25.7. The second kappa shape index (κ2) is 4.78. The van der Waals surface area contributed by atoms with Crippen LogP contribution in [0, 0.1) is 0 Å². The highest BCUT2D eigenvalue weighted by Crippen LogP contribution is 2.25. The van der Waals surface area contributed by atoms with E-state index in [4.69, 9.17) is 11.6 Å². The minimum atomic E-state index is -0.611. The zero-order valence-corrected chi connectivity index (χ0v) is 10.7. The van der Waals surface area contributed by atoms with Gasteiger partial charge in [0.25, 0.3) is 0 Å². The number of aromatic nitrogens is 5. The van der Waals surface area contributed by atoms with Gasteiger partial charge in [-0.3, -0.25) is 4.79 Å². The molecule has 0 aliphatic heterocycles. The maximum atomic E-state index is 12.1. The molecule has 0 spiro atoms. The van der Waals surface area contributed by atoms with Crippen LogP contribution >= 0.6 is 11.6 Å². The Labute approximate surface area is 117 Å². The average Bonchev–Trinajstić information content (AvgIpc) is 3.07. The fourth-order valence-electron chi connectivity index (χ4n) is 1.82. The van der Waals surface area contributed by atoms with E-state index >= 15 is 0 Å². The predicted octanol–water partition coefficient (Wildman–Crippen LogP) is 0.918. The van der Waals surface area contributed by atoms with Crippen molar-refractivity contribution in [1.82, 2.24) is 25.6 Å². The van der Waals surface area contributed by atoms with Gasteiger partial charge in [0, 0.05) is 22.1 Å². The van der Waals surface area contributed by atoms with Gasteiger partial charge >= 0.3 is 0 Å². The topological polar surface area (TPSA) is 110 Å². The van der Waals surface area contributed by atoms with E-state index in [1.807, 2.05) is 0 Å². The molecule has 0 amide bonds. The molecule has 2 heterocycles. The van der Waals surface area contributed by atoms with Gasteiger partial charge in [-0.25, -0.2) is 0 Å². The third-order valence-corrected chi connectivity index (χ3v) is 2.97. The number of benzene rings is 1. The molecule has 0 radical (unpaired) electrons. The zero-order valence-electron chi connectivity index (χ0n) is 9.92. The van der Waals surface area contributed by atoms with E-state index in [1.54, 1.807) is 18.2 Å². The van der Waals surface area contributed by atoms with Crippen LogP contribution in [-0.4, -0.2) is 31.4 Å². The lowest BCUT2D eigenvalue weighted by atomic mass is 10.1. The molecule has 3 rings (SSSR count). The quantitative estimate of drug-likeness (QED) is 0.423. The molecule has 0 saturated carbocycles. The summed E-state index contributed by atoms with van der Waals surface area (Å²) < 4.78 is 0. The molecule has 7 nitrogen and oxygen atoms in total. The van der Waals surface area contributed by atoms with Crippen molar-refractivity contribution in [3.8, 4) is 0 Å². The van der Waals surface area contributed by atoms with E-state index in [1.165, 1.54) is 6.20 Å². The summed E-state index contributed by atoms with van der Waals surface area (Å²) in [4.78, 5) is 14.7. The number of hydrogen-bond acceptors (Lipinski definition) is 5. The van der Waals surface area contributed by atoms with Crippen LogP contribution in [0.5, 0.6) is 0 Å². The van der Waals surface area contributed by atoms with Crippen molar-refractivity contribution < 1.29 is 9.90 Å². The minimum Gasteiger partial charge on any atom is -0.872 e. The first-order valence-electron chi connectivity index (χ1n) is 5.58. The smallest absolute Gasteiger partial charge is 0.244 e. The van der Waals surface area contributed by atoms with Gasteiger partial charge in [0.2, 0.25) is 11.6 Å². The summed E-state index contributed by atoms with van der Waals surface area (Å²) in [5.41, 5.74) is 1.12. The SMILES string of the molecule is O=C(C=C([O-])c1c[nH]c2ccc(Cl)cc12)c1nn[nH]n1. The van der Waals surface area contributed by atoms with Crippen LogP contribution in [0.25, 0.3) is 16.7 Å². The molecule has 0 bridgehead atoms. The molecule has 2 aromatic heterocycles. The van der Waals surface area contributed by atoms with Crippen molar-refractivity contribution in [2.45, 2.75) is 0 Å². The highest BCUT2D eigenvalue weighted by atomic mass is 35.5. The number of ketones is 1. The number of carbonyl (C=O) groups excluding carboxylic acids is 1. The molecule has 2 N–H and O–H groups in total. The van der Waals surface area contributed by atoms with Gasteiger partial charge in [-0.1, -0.05) is 17.4 Å². The van der Waals surface area contributed by atoms with E-state index in [2.05, 4.69) is 25.6 Å². The standard InChI is InChI=1S/C12H8ClN5O2/c13-6-1-2-9-7(3-6)8(5-14-9)10(19)4-11(20)12-15-17-18-16-12/h1-5,14,19H,(H,15,16,17,18)/p-1. The number of aromatic amines is 2. The Balaban J connectivity index is 2.02. The van der Waals surface area contributed by atoms with Crippen LogP contribution in [0.3, 0.4) is 0 Å². The normalized spacial score (nSPS) is 11.9. The lowest BCUT2D eigenvalue weighted by molar-refractivity contribution is -0.243. The number of rotatable bonds is 3. The van der Waals surface area contributed by atoms with Crippen LogP contribution in [0.15, 0.2) is 30.5 Å². The molecular weight excluding hydrogens is 282 g/mol. The Morgan fingerprint density at radius 3 is 3.00 bits per heavy atom. The first-order chi connectivity index (χ1) is 9.65. The molecule has 0 fully saturated rings. The Kier molecular flexibility index (Phi) is 2.96. The van der Waals surface area contributed by atoms with E-state index in [9.17, 15) is 9.90 Å². The summed E-state index contributed by atoms with van der Waals surface area (Å²) in [6, 6.07) is 5.13. The second-order valence-corrected chi connectivity index (χ2v) is 4.44. The third kappa shape index (κ3) is 2.14. The number of allylic oxidation sites excluding steroid dienone is 1. The van der Waals surface area contributed by atoms with Crippen molar-refractivity contribution in [2.75, 3.05) is 0 Å². The number of hydrogen-bond donors (Lipinski definition) is 2. The average molecular weight is 289 g/mol. The molecule has 0 saturated heterocycles. The number of tetrazole rings is 1. The van der Waals surface area contributed by atoms with Gasteiger partial charge in [-0.15, -0.1) is 10.2 Å². The van der Waals surface area contributed by atoms with Gasteiger partial charge in [-0.05, 0) is 35.1 Å². The monoisotopic (exact) mass is 288 g/mol. The molecule has 20 heavy (non-hydrogen) atoms. The maximum absolute atomic E-state index is 12.1. The minimum absolute atomic E-state index is 0.156. The molecule has 1 aromatic carbocycles. The number of H-pyrrole nitrogens is 2. The maximum Gasteiger partial charge on any atom is 0.244 e. The van der Waals surface area contributed by atoms with Gasteiger partial charge < -0.3 is 10.1 Å². The number of fused-ring (bicyclic) bond motifs is 1. The first kappa shape index (κ1) is 12.4. The van der Waals surface area contributed by atoms with Gasteiger partial charge in [0.15, 0.2) is 0 Å². The lowest BCUT2D eigenvalue weighted by Gasteiger charge is -2.09. The van der Waals surface area contributed by atoms with Crippen molar-refractivity contribution in [1.29, 1.82) is 0 Å². The van der Waals surface area contributed by atoms with E-state index in [0.29, 0.717) is 16.0 Å². The summed E-state index contributed by atoms with van der Waals surface area (Å²) >= 11 is 5.90. The number of nitrogens with one attached hydrogen (secondary N) is 2. The largest absolute Gasteiger partial charge is 0.872 e. The zero-order chi connectivity index (χ0) is 14.1. The summed E-state index contributed by atoms with van der Waals surface area (Å²) in [5.74, 6) is -1.22. The highest BCUT2D eigenvalue weighted by Gasteiger charge is 2.09. The van der Waals surface area contributed by atoms with Crippen LogP contribution in [0.2, 0.25) is 5.02 Å². The van der Waals surface area contributed by atoms with Crippen LogP contribution < -0.4 is 5.11 Å². The second-order valence-electron chi connectivity index (χ2n) is 4.00. The number of nitrogens with zero attached hydrogens (tertiary/aromatic N) is 3. The molecule has 0 aliphatic carbocycles. The number of carbonyl (C=O) groups is 1. The van der Waals surface area contributed by atoms with Crippen molar-refractivity contribution in [3.05, 3.63) is 46.9 Å². The Morgan fingerprint density at radius 2 is 2.25 bits per heavy atom. The van der Waals surface area contributed by atoms with Gasteiger partial charge in [0.05, 0.1) is 0 Å². The number of halogens is 1. The van der Waals surface area contributed by atoms with Crippen LogP contribution in [-0.2, 0) is 0 Å². The van der Waals surface area contributed by atoms with Gasteiger partial charge in [0.1, 0.15) is 0 Å². The fraction of sp³-hybridized carbons (Fsp3) is 0. The van der Waals surface area contributed by atoms with Crippen LogP contribution in [0.1, 0.15) is 16.2 Å². The fourth-order valence-corrected chi connectivity index (χ4v) is 2.00. The first-order valence-corrected chi connectivity index (χ1v) is 5.96. The van der Waals surface area contributed by atoms with Crippen LogP contribution in [0.4, 0.5) is 0 Å². The van der Waals surface area contributed by atoms with E-state index < -0.39 is 11.5 Å². The van der Waals surface area contributed by atoms with E-state index in [-0.39, 0.29) is 5.82 Å². The van der Waals surface area contributed by atoms with E-state index in [0.717, 1.165) is 11.6 Å². The Morgan fingerprint density at radius 1 is 1.40 bits per heavy atom. The summed E-state index contributed by atoms with van der Waals surface area (Å²) in [7, 11) is 0. The lowest BCUT2D eigenvalue weighted by Crippen LogP contribution is -2.07. The molecule has 3 aromatic rings. The van der Waals surface area contributed by atoms with Gasteiger partial charge in [-0.2, -0.15) is 5.21 Å². The molecule has 8 heteroatoms. The molecule has 0 aliphatic rings. The van der Waals surface area contributed by atoms with Crippen molar-refractivity contribution in [2.24, 2.45) is 0 Å². The molecule has 0 atom stereocenters. The Hall–Kier alpha value is -2.67.